The maximum atomic E-state index is 12.3. The number of ether oxygens (including phenoxy) is 2. The van der Waals surface area contributed by atoms with Crippen LogP contribution in [-0.2, 0) is 6.54 Å². The van der Waals surface area contributed by atoms with Gasteiger partial charge in [-0.2, -0.15) is 5.26 Å². The van der Waals surface area contributed by atoms with Crippen LogP contribution in [0.15, 0.2) is 47.4 Å². The molecule has 0 amide bonds. The number of nitrogens with zero attached hydrogens (tertiary/aromatic N) is 3. The summed E-state index contributed by atoms with van der Waals surface area (Å²) < 4.78 is 12.2. The Labute approximate surface area is 138 Å². The van der Waals surface area contributed by atoms with E-state index < -0.39 is 0 Å². The second-order valence-electron chi connectivity index (χ2n) is 5.15. The lowest BCUT2D eigenvalue weighted by Gasteiger charge is -2.13. The van der Waals surface area contributed by atoms with E-state index in [2.05, 4.69) is 11.1 Å². The summed E-state index contributed by atoms with van der Waals surface area (Å²) in [7, 11) is 3.08. The highest BCUT2D eigenvalue weighted by Gasteiger charge is 2.12. The first-order valence-corrected chi connectivity index (χ1v) is 7.27. The predicted octanol–water partition coefficient (Wildman–Crippen LogP) is 2.33. The molecule has 0 bridgehead atoms. The molecule has 24 heavy (non-hydrogen) atoms. The molecule has 6 nitrogen and oxygen atoms in total. The molecule has 0 spiro atoms. The van der Waals surface area contributed by atoms with E-state index in [0.717, 1.165) is 5.56 Å². The van der Waals surface area contributed by atoms with Crippen molar-refractivity contribution < 1.29 is 9.47 Å². The molecule has 0 fully saturated rings. The molecule has 0 aliphatic carbocycles. The van der Waals surface area contributed by atoms with Crippen LogP contribution in [0.2, 0.25) is 0 Å². The van der Waals surface area contributed by atoms with E-state index in [-0.39, 0.29) is 12.1 Å². The van der Waals surface area contributed by atoms with Crippen molar-refractivity contribution in [3.8, 4) is 17.6 Å². The van der Waals surface area contributed by atoms with Gasteiger partial charge < -0.3 is 14.0 Å². The number of benzene rings is 2. The summed E-state index contributed by atoms with van der Waals surface area (Å²) in [6.45, 7) is 0.275. The van der Waals surface area contributed by atoms with Crippen molar-refractivity contribution in [3.63, 3.8) is 0 Å². The quantitative estimate of drug-likeness (QED) is 0.737. The molecule has 1 heterocycles. The van der Waals surface area contributed by atoms with E-state index in [9.17, 15) is 10.1 Å². The van der Waals surface area contributed by atoms with Crippen LogP contribution in [0.25, 0.3) is 11.0 Å². The first-order valence-electron chi connectivity index (χ1n) is 7.27. The van der Waals surface area contributed by atoms with Crippen molar-refractivity contribution >= 4 is 11.0 Å². The summed E-state index contributed by atoms with van der Waals surface area (Å²) in [5.74, 6) is 1.06. The van der Waals surface area contributed by atoms with Crippen LogP contribution in [0.5, 0.6) is 11.5 Å². The SMILES string of the molecule is COc1cc2ncc(=O)n(Cc3ccccc3C#N)c2cc1OC. The maximum absolute atomic E-state index is 12.3. The zero-order valence-electron chi connectivity index (χ0n) is 13.3. The first kappa shape index (κ1) is 15.6. The molecule has 3 rings (SSSR count). The average molecular weight is 321 g/mol. The molecule has 0 aliphatic heterocycles. The lowest BCUT2D eigenvalue weighted by Crippen LogP contribution is -2.21. The molecule has 0 aliphatic rings. The molecule has 2 aromatic carbocycles. The van der Waals surface area contributed by atoms with Crippen molar-refractivity contribution in [2.24, 2.45) is 0 Å². The van der Waals surface area contributed by atoms with Gasteiger partial charge >= 0.3 is 0 Å². The van der Waals surface area contributed by atoms with Crippen LogP contribution in [0.3, 0.4) is 0 Å². The van der Waals surface area contributed by atoms with E-state index in [1.54, 1.807) is 35.9 Å². The lowest BCUT2D eigenvalue weighted by atomic mass is 10.1. The highest BCUT2D eigenvalue weighted by Crippen LogP contribution is 2.30. The molecular formula is C18H15N3O3. The fourth-order valence-electron chi connectivity index (χ4n) is 2.59. The largest absolute Gasteiger partial charge is 0.493 e. The summed E-state index contributed by atoms with van der Waals surface area (Å²) >= 11 is 0. The highest BCUT2D eigenvalue weighted by atomic mass is 16.5. The third-order valence-electron chi connectivity index (χ3n) is 3.82. The van der Waals surface area contributed by atoms with Gasteiger partial charge in [0.25, 0.3) is 5.56 Å². The van der Waals surface area contributed by atoms with Crippen molar-refractivity contribution in [1.82, 2.24) is 9.55 Å². The predicted molar refractivity (Wildman–Crippen MR) is 89.4 cm³/mol. The van der Waals surface area contributed by atoms with E-state index in [4.69, 9.17) is 9.47 Å². The van der Waals surface area contributed by atoms with Crippen molar-refractivity contribution in [3.05, 3.63) is 64.1 Å². The summed E-state index contributed by atoms with van der Waals surface area (Å²) in [4.78, 5) is 16.5. The van der Waals surface area contributed by atoms with Crippen LogP contribution in [-0.4, -0.2) is 23.8 Å². The Morgan fingerprint density at radius 3 is 2.58 bits per heavy atom. The molecule has 0 unspecified atom stereocenters. The van der Waals surface area contributed by atoms with Gasteiger partial charge in [-0.1, -0.05) is 18.2 Å². The average Bonchev–Trinajstić information content (AvgIpc) is 2.63. The molecule has 6 heteroatoms. The molecule has 120 valence electrons. The first-order chi connectivity index (χ1) is 11.7. The molecule has 0 radical (unpaired) electrons. The van der Waals surface area contributed by atoms with Gasteiger partial charge in [-0.15, -0.1) is 0 Å². The minimum atomic E-state index is -0.248. The van der Waals surface area contributed by atoms with Gasteiger partial charge in [0, 0.05) is 12.1 Å². The second kappa shape index (κ2) is 6.42. The topological polar surface area (TPSA) is 77.1 Å². The van der Waals surface area contributed by atoms with Gasteiger partial charge in [0.05, 0.1) is 49.6 Å². The van der Waals surface area contributed by atoms with E-state index in [1.165, 1.54) is 13.3 Å². The Balaban J connectivity index is 2.22. The molecule has 1 aromatic heterocycles. The Kier molecular flexibility index (Phi) is 4.17. The minimum Gasteiger partial charge on any atom is -0.493 e. The zero-order chi connectivity index (χ0) is 17.1. The van der Waals surface area contributed by atoms with Crippen molar-refractivity contribution in [1.29, 1.82) is 5.26 Å². The molecular weight excluding hydrogens is 306 g/mol. The monoisotopic (exact) mass is 321 g/mol. The highest BCUT2D eigenvalue weighted by molar-refractivity contribution is 5.79. The van der Waals surface area contributed by atoms with Crippen LogP contribution in [0.4, 0.5) is 0 Å². The lowest BCUT2D eigenvalue weighted by molar-refractivity contribution is 0.355. The molecule has 0 saturated heterocycles. The number of hydrogen-bond donors (Lipinski definition) is 0. The van der Waals surface area contributed by atoms with Gasteiger partial charge in [0.15, 0.2) is 11.5 Å². The van der Waals surface area contributed by atoms with Gasteiger partial charge in [-0.05, 0) is 11.6 Å². The summed E-state index contributed by atoms with van der Waals surface area (Å²) in [6.07, 6.45) is 1.27. The summed E-state index contributed by atoms with van der Waals surface area (Å²) in [5.41, 5.74) is 2.29. The smallest absolute Gasteiger partial charge is 0.269 e. The third kappa shape index (κ3) is 2.68. The molecule has 0 saturated carbocycles. The Morgan fingerprint density at radius 2 is 1.88 bits per heavy atom. The second-order valence-corrected chi connectivity index (χ2v) is 5.15. The van der Waals surface area contributed by atoms with Gasteiger partial charge in [-0.3, -0.25) is 4.79 Å². The van der Waals surface area contributed by atoms with Gasteiger partial charge in [-0.25, -0.2) is 4.98 Å². The minimum absolute atomic E-state index is 0.248. The van der Waals surface area contributed by atoms with Gasteiger partial charge in [0.1, 0.15) is 0 Å². The van der Waals surface area contributed by atoms with E-state index in [0.29, 0.717) is 28.1 Å². The third-order valence-corrected chi connectivity index (χ3v) is 3.82. The standard InChI is InChI=1S/C18H15N3O3/c1-23-16-7-14-15(8-17(16)24-2)21(18(22)10-20-14)11-13-6-4-3-5-12(13)9-19/h3-8,10H,11H2,1-2H3. The number of aromatic nitrogens is 2. The van der Waals surface area contributed by atoms with Crippen molar-refractivity contribution in [2.45, 2.75) is 6.54 Å². The van der Waals surface area contributed by atoms with Crippen LogP contribution in [0, 0.1) is 11.3 Å². The zero-order valence-corrected chi connectivity index (χ0v) is 13.3. The number of fused-ring (bicyclic) bond motifs is 1. The Hall–Kier alpha value is -3.33. The maximum Gasteiger partial charge on any atom is 0.269 e. The fourth-order valence-corrected chi connectivity index (χ4v) is 2.59. The summed E-state index contributed by atoms with van der Waals surface area (Å²) in [5, 5.41) is 9.24. The number of hydrogen-bond acceptors (Lipinski definition) is 5. The number of methoxy groups -OCH3 is 2. The normalized spacial score (nSPS) is 10.4. The van der Waals surface area contributed by atoms with E-state index in [1.807, 2.05) is 12.1 Å². The molecule has 0 atom stereocenters. The van der Waals surface area contributed by atoms with Crippen LogP contribution in [0.1, 0.15) is 11.1 Å². The summed E-state index contributed by atoms with van der Waals surface area (Å²) in [6, 6.07) is 12.8. The van der Waals surface area contributed by atoms with Crippen LogP contribution < -0.4 is 15.0 Å². The van der Waals surface area contributed by atoms with E-state index >= 15 is 0 Å². The number of rotatable bonds is 4. The van der Waals surface area contributed by atoms with Crippen LogP contribution >= 0.6 is 0 Å². The van der Waals surface area contributed by atoms with Gasteiger partial charge in [0.2, 0.25) is 0 Å². The number of nitriles is 1. The Morgan fingerprint density at radius 1 is 1.17 bits per heavy atom. The molecule has 0 N–H and O–H groups in total. The fraction of sp³-hybridized carbons (Fsp3) is 0.167. The molecule has 3 aromatic rings. The van der Waals surface area contributed by atoms with Crippen molar-refractivity contribution in [2.75, 3.05) is 14.2 Å². The Bertz CT molecular complexity index is 1000.